The molecule has 0 radical (unpaired) electrons. The van der Waals surface area contributed by atoms with Crippen LogP contribution in [-0.4, -0.2) is 39.2 Å². The summed E-state index contributed by atoms with van der Waals surface area (Å²) < 4.78 is 39.5. The van der Waals surface area contributed by atoms with Gasteiger partial charge in [0.1, 0.15) is 23.3 Å². The number of thiophene rings is 1. The van der Waals surface area contributed by atoms with Crippen molar-refractivity contribution in [2.75, 3.05) is 6.61 Å². The van der Waals surface area contributed by atoms with E-state index >= 15 is 0 Å². The van der Waals surface area contributed by atoms with E-state index in [1.165, 1.54) is 17.4 Å². The maximum atomic E-state index is 13.3. The Kier molecular flexibility index (Phi) is 8.29. The highest BCUT2D eigenvalue weighted by atomic mass is 32.1. The molecule has 1 aromatic carbocycles. The lowest BCUT2D eigenvalue weighted by molar-refractivity contribution is -0.117. The number of pyridine rings is 1. The van der Waals surface area contributed by atoms with Crippen molar-refractivity contribution in [2.24, 2.45) is 5.73 Å². The summed E-state index contributed by atoms with van der Waals surface area (Å²) in [6.45, 7) is 2.63. The van der Waals surface area contributed by atoms with Crippen molar-refractivity contribution < 1.29 is 28.2 Å². The number of carbonyl (C=O) groups excluding carboxylic acids is 1. The van der Waals surface area contributed by atoms with Crippen LogP contribution in [0.25, 0.3) is 16.2 Å². The minimum Gasteiger partial charge on any atom is -0.485 e. The third-order valence-electron chi connectivity index (χ3n) is 5.98. The number of benzene rings is 1. The molecule has 0 unspecified atom stereocenters. The number of imidazole rings is 1. The van der Waals surface area contributed by atoms with Gasteiger partial charge in [-0.05, 0) is 44.5 Å². The minimum absolute atomic E-state index is 0.0118. The summed E-state index contributed by atoms with van der Waals surface area (Å²) in [5.41, 5.74) is 7.67. The first kappa shape index (κ1) is 27.5. The van der Waals surface area contributed by atoms with Gasteiger partial charge in [0.15, 0.2) is 0 Å². The molecule has 11 heteroatoms. The molecule has 0 fully saturated rings. The number of nitrogens with one attached hydrogen (secondary N) is 1. The topological polar surface area (TPSA) is 111 Å². The maximum Gasteiger partial charge on any atom is 0.387 e. The number of aliphatic hydroxyl groups excluding tert-OH is 1. The highest BCUT2D eigenvalue weighted by molar-refractivity contribution is 7.15. The van der Waals surface area contributed by atoms with Gasteiger partial charge in [0.05, 0.1) is 34.7 Å². The van der Waals surface area contributed by atoms with Crippen molar-refractivity contribution in [3.05, 3.63) is 70.9 Å². The summed E-state index contributed by atoms with van der Waals surface area (Å²) in [4.78, 5) is 17.6. The number of aliphatic hydroxyl groups is 1. The molecule has 1 atom stereocenters. The molecular weight excluding hydrogens is 514 g/mol. The molecule has 4 rings (SSSR count). The number of aromatic nitrogens is 2. The van der Waals surface area contributed by atoms with Crippen molar-refractivity contribution in [3.63, 3.8) is 0 Å². The molecule has 0 bridgehead atoms. The Morgan fingerprint density at radius 1 is 1.21 bits per heavy atom. The first-order valence-electron chi connectivity index (χ1n) is 12.0. The lowest BCUT2D eigenvalue weighted by Crippen LogP contribution is -2.42. The average Bonchev–Trinajstić information content (AvgIpc) is 3.46. The van der Waals surface area contributed by atoms with Crippen molar-refractivity contribution in [3.8, 4) is 22.1 Å². The van der Waals surface area contributed by atoms with Crippen LogP contribution in [0.1, 0.15) is 42.9 Å². The van der Waals surface area contributed by atoms with E-state index in [1.807, 2.05) is 42.6 Å². The Morgan fingerprint density at radius 2 is 2.00 bits per heavy atom. The molecule has 202 valence electrons. The lowest BCUT2D eigenvalue weighted by atomic mass is 10.0. The number of nitrogens with two attached hydrogens (primary N) is 1. The molecular formula is C27H30F2N4O4S. The number of alkyl halides is 2. The van der Waals surface area contributed by atoms with E-state index in [1.54, 1.807) is 31.3 Å². The van der Waals surface area contributed by atoms with Crippen molar-refractivity contribution in [1.82, 2.24) is 14.7 Å². The lowest BCUT2D eigenvalue weighted by Gasteiger charge is -2.24. The molecule has 0 aliphatic heterocycles. The van der Waals surface area contributed by atoms with Crippen LogP contribution >= 0.6 is 11.3 Å². The van der Waals surface area contributed by atoms with E-state index in [0.717, 1.165) is 16.2 Å². The van der Waals surface area contributed by atoms with Gasteiger partial charge in [-0.2, -0.15) is 8.78 Å². The molecule has 1 amide bonds. The number of carbonyl (C=O) groups is 1. The van der Waals surface area contributed by atoms with Gasteiger partial charge in [-0.1, -0.05) is 18.2 Å². The van der Waals surface area contributed by atoms with Crippen LogP contribution in [0.3, 0.4) is 0 Å². The Balaban J connectivity index is 1.63. The molecule has 4 aromatic rings. The molecule has 0 aliphatic carbocycles. The second-order valence-corrected chi connectivity index (χ2v) is 10.7. The summed E-state index contributed by atoms with van der Waals surface area (Å²) in [6, 6.07) is 12.5. The number of hydrogen-bond acceptors (Lipinski definition) is 7. The van der Waals surface area contributed by atoms with Crippen LogP contribution < -0.4 is 20.5 Å². The van der Waals surface area contributed by atoms with Crippen molar-refractivity contribution in [2.45, 2.75) is 52.0 Å². The summed E-state index contributed by atoms with van der Waals surface area (Å²) in [6.07, 6.45) is 2.91. The molecule has 38 heavy (non-hydrogen) atoms. The van der Waals surface area contributed by atoms with Gasteiger partial charge in [0, 0.05) is 29.9 Å². The van der Waals surface area contributed by atoms with Crippen LogP contribution in [0.15, 0.2) is 54.9 Å². The molecule has 3 heterocycles. The number of fused-ring (bicyclic) bond motifs is 1. The van der Waals surface area contributed by atoms with E-state index < -0.39 is 24.2 Å². The molecule has 4 N–H and O–H groups in total. The fourth-order valence-electron chi connectivity index (χ4n) is 3.91. The number of halogens is 2. The number of amides is 1. The van der Waals surface area contributed by atoms with E-state index in [9.17, 15) is 18.7 Å². The number of rotatable bonds is 12. The summed E-state index contributed by atoms with van der Waals surface area (Å²) in [7, 11) is 0. The number of ether oxygens (including phenoxy) is 2. The molecule has 0 saturated heterocycles. The number of hydrogen-bond donors (Lipinski definition) is 3. The first-order valence-corrected chi connectivity index (χ1v) is 12.8. The van der Waals surface area contributed by atoms with Crippen LogP contribution in [0.4, 0.5) is 8.78 Å². The van der Waals surface area contributed by atoms with Gasteiger partial charge >= 0.3 is 6.61 Å². The van der Waals surface area contributed by atoms with Crippen molar-refractivity contribution >= 4 is 22.9 Å². The largest absolute Gasteiger partial charge is 0.485 e. The zero-order valence-electron chi connectivity index (χ0n) is 21.3. The van der Waals surface area contributed by atoms with E-state index in [-0.39, 0.29) is 18.8 Å². The van der Waals surface area contributed by atoms with Gasteiger partial charge in [-0.25, -0.2) is 4.98 Å². The Bertz CT molecular complexity index is 1420. The quantitative estimate of drug-likeness (QED) is 0.239. The minimum atomic E-state index is -3.02. The van der Waals surface area contributed by atoms with Crippen molar-refractivity contribution in [1.29, 1.82) is 0 Å². The standard InChI is InChI=1S/C27H30F2N4O4S/c1-16(18-8-7-17(10-20(18)37-26(28)29)13-32-27(2,3)15-34)36-21-11-22(38-23(21)12-24(30)35)19-14-31-25-6-4-5-9-33(19)25/h4-11,14,16,26,32,34H,12-13,15H2,1-3H3,(H2,30,35)/t16-/m1/s1. The average molecular weight is 545 g/mol. The normalized spacial score (nSPS) is 12.7. The second-order valence-electron chi connectivity index (χ2n) is 9.52. The zero-order valence-corrected chi connectivity index (χ0v) is 22.1. The van der Waals surface area contributed by atoms with Crippen LogP contribution in [0.2, 0.25) is 0 Å². The second kappa shape index (κ2) is 11.5. The molecule has 0 aliphatic rings. The Hall–Kier alpha value is -3.54. The number of primary amides is 1. The predicted octanol–water partition coefficient (Wildman–Crippen LogP) is 4.69. The summed E-state index contributed by atoms with van der Waals surface area (Å²) >= 11 is 1.36. The first-order chi connectivity index (χ1) is 18.1. The zero-order chi connectivity index (χ0) is 27.4. The smallest absolute Gasteiger partial charge is 0.387 e. The van der Waals surface area contributed by atoms with Gasteiger partial charge in [-0.3, -0.25) is 9.20 Å². The van der Waals surface area contributed by atoms with Gasteiger partial charge in [0.2, 0.25) is 5.91 Å². The Labute approximate surface area is 223 Å². The third kappa shape index (κ3) is 6.47. The van der Waals surface area contributed by atoms with Crippen LogP contribution in [-0.2, 0) is 17.8 Å². The number of nitrogens with zero attached hydrogens (tertiary/aromatic N) is 2. The maximum absolute atomic E-state index is 13.3. The van der Waals surface area contributed by atoms with Gasteiger partial charge in [-0.15, -0.1) is 11.3 Å². The van der Waals surface area contributed by atoms with E-state index in [2.05, 4.69) is 10.3 Å². The van der Waals surface area contributed by atoms with Gasteiger partial charge in [0.25, 0.3) is 0 Å². The molecule has 0 saturated carbocycles. The molecule has 3 aromatic heterocycles. The summed E-state index contributed by atoms with van der Waals surface area (Å²) in [5.74, 6) is -0.0960. The van der Waals surface area contributed by atoms with E-state index in [0.29, 0.717) is 28.3 Å². The fourth-order valence-corrected chi connectivity index (χ4v) is 5.02. The van der Waals surface area contributed by atoms with Gasteiger partial charge < -0.3 is 25.6 Å². The molecule has 8 nitrogen and oxygen atoms in total. The summed E-state index contributed by atoms with van der Waals surface area (Å²) in [5, 5.41) is 12.6. The van der Waals surface area contributed by atoms with Crippen LogP contribution in [0, 0.1) is 0 Å². The fraction of sp³-hybridized carbons (Fsp3) is 0.333. The Morgan fingerprint density at radius 3 is 2.71 bits per heavy atom. The third-order valence-corrected chi connectivity index (χ3v) is 7.12. The predicted molar refractivity (Wildman–Crippen MR) is 142 cm³/mol. The van der Waals surface area contributed by atoms with Crippen LogP contribution in [0.5, 0.6) is 11.5 Å². The highest BCUT2D eigenvalue weighted by Gasteiger charge is 2.22. The highest BCUT2D eigenvalue weighted by Crippen LogP contribution is 2.40. The molecule has 0 spiro atoms. The SMILES string of the molecule is C[C@@H](Oc1cc(-c2cnc3ccccn23)sc1CC(N)=O)c1ccc(CNC(C)(C)CO)cc1OC(F)F. The van der Waals surface area contributed by atoms with E-state index in [4.69, 9.17) is 15.2 Å². The monoisotopic (exact) mass is 544 g/mol.